The van der Waals surface area contributed by atoms with Crippen molar-refractivity contribution in [3.05, 3.63) is 63.6 Å². The lowest BCUT2D eigenvalue weighted by atomic mass is 10.2. The molecule has 2 aromatic rings. The largest absolute Gasteiger partial charge is 0.451 e. The molecule has 0 aliphatic rings. The summed E-state index contributed by atoms with van der Waals surface area (Å²) in [6, 6.07) is 11.6. The molecule has 2 rings (SSSR count). The van der Waals surface area contributed by atoms with Gasteiger partial charge in [0.1, 0.15) is 6.54 Å². The van der Waals surface area contributed by atoms with Crippen molar-refractivity contribution in [2.45, 2.75) is 20.0 Å². The van der Waals surface area contributed by atoms with Crippen LogP contribution in [0, 0.1) is 6.92 Å². The Morgan fingerprint density at radius 1 is 1.07 bits per heavy atom. The lowest BCUT2D eigenvalue weighted by Crippen LogP contribution is -2.35. The van der Waals surface area contributed by atoms with Crippen molar-refractivity contribution in [1.29, 1.82) is 0 Å². The van der Waals surface area contributed by atoms with Crippen LogP contribution in [0.1, 0.15) is 22.8 Å². The predicted octanol–water partition coefficient (Wildman–Crippen LogP) is 3.60. The zero-order valence-corrected chi connectivity index (χ0v) is 16.2. The van der Waals surface area contributed by atoms with Gasteiger partial charge in [0, 0.05) is 11.3 Å². The third-order valence-electron chi connectivity index (χ3n) is 3.54. The summed E-state index contributed by atoms with van der Waals surface area (Å²) in [5, 5.41) is 5.61. The van der Waals surface area contributed by atoms with Gasteiger partial charge in [-0.25, -0.2) is 0 Å². The van der Waals surface area contributed by atoms with Crippen LogP contribution in [0.25, 0.3) is 0 Å². The van der Waals surface area contributed by atoms with Gasteiger partial charge in [-0.15, -0.1) is 0 Å². The summed E-state index contributed by atoms with van der Waals surface area (Å²) >= 11 is 11.6. The molecule has 2 N–H and O–H groups in total. The molecular formula is C19H18Cl2N2O4. The van der Waals surface area contributed by atoms with Gasteiger partial charge in [-0.05, 0) is 49.7 Å². The van der Waals surface area contributed by atoms with E-state index >= 15 is 0 Å². The highest BCUT2D eigenvalue weighted by Crippen LogP contribution is 2.22. The van der Waals surface area contributed by atoms with Crippen LogP contribution in [0.5, 0.6) is 0 Å². The number of esters is 1. The number of aryl methyl sites for hydroxylation is 1. The fourth-order valence-electron chi connectivity index (χ4n) is 2.15. The molecule has 2 aromatic carbocycles. The Labute approximate surface area is 166 Å². The van der Waals surface area contributed by atoms with Crippen LogP contribution in [0.15, 0.2) is 42.5 Å². The molecule has 0 aromatic heterocycles. The fourth-order valence-corrected chi connectivity index (χ4v) is 2.45. The Hall–Kier alpha value is -2.57. The first-order valence-corrected chi connectivity index (χ1v) is 8.82. The molecule has 0 heterocycles. The number of anilines is 1. The van der Waals surface area contributed by atoms with Crippen LogP contribution in [0.3, 0.4) is 0 Å². The predicted molar refractivity (Wildman–Crippen MR) is 104 cm³/mol. The van der Waals surface area contributed by atoms with Crippen LogP contribution in [0.2, 0.25) is 10.0 Å². The molecule has 2 amide bonds. The Balaban J connectivity index is 1.82. The second-order valence-electron chi connectivity index (χ2n) is 5.80. The molecule has 0 aliphatic heterocycles. The highest BCUT2D eigenvalue weighted by Gasteiger charge is 2.19. The van der Waals surface area contributed by atoms with Gasteiger partial charge in [0.2, 0.25) is 0 Å². The van der Waals surface area contributed by atoms with E-state index in [9.17, 15) is 14.4 Å². The van der Waals surface area contributed by atoms with Crippen molar-refractivity contribution in [1.82, 2.24) is 5.32 Å². The maximum absolute atomic E-state index is 12.1. The van der Waals surface area contributed by atoms with Crippen molar-refractivity contribution in [2.24, 2.45) is 0 Å². The quantitative estimate of drug-likeness (QED) is 0.714. The maximum Gasteiger partial charge on any atom is 0.326 e. The van der Waals surface area contributed by atoms with Gasteiger partial charge in [-0.3, -0.25) is 14.4 Å². The fraction of sp³-hybridized carbons (Fsp3) is 0.211. The molecule has 0 unspecified atom stereocenters. The normalized spacial score (nSPS) is 11.4. The number of carbonyl (C=O) groups excluding carboxylic acids is 3. The van der Waals surface area contributed by atoms with Gasteiger partial charge in [-0.2, -0.15) is 0 Å². The van der Waals surface area contributed by atoms with Gasteiger partial charge < -0.3 is 15.4 Å². The molecular weight excluding hydrogens is 391 g/mol. The van der Waals surface area contributed by atoms with E-state index < -0.39 is 23.9 Å². The molecule has 0 radical (unpaired) electrons. The Morgan fingerprint density at radius 3 is 2.48 bits per heavy atom. The number of amides is 2. The van der Waals surface area contributed by atoms with E-state index in [0.29, 0.717) is 10.7 Å². The van der Waals surface area contributed by atoms with E-state index in [0.717, 1.165) is 5.56 Å². The first-order valence-electron chi connectivity index (χ1n) is 8.06. The monoisotopic (exact) mass is 408 g/mol. The van der Waals surface area contributed by atoms with Crippen LogP contribution < -0.4 is 10.6 Å². The van der Waals surface area contributed by atoms with E-state index in [-0.39, 0.29) is 17.1 Å². The Kier molecular flexibility index (Phi) is 7.21. The van der Waals surface area contributed by atoms with Crippen LogP contribution in [-0.2, 0) is 14.3 Å². The van der Waals surface area contributed by atoms with Crippen LogP contribution in [0.4, 0.5) is 5.69 Å². The highest BCUT2D eigenvalue weighted by atomic mass is 35.5. The molecule has 0 saturated heterocycles. The number of rotatable bonds is 6. The molecule has 0 spiro atoms. The van der Waals surface area contributed by atoms with Crippen LogP contribution >= 0.6 is 23.2 Å². The summed E-state index contributed by atoms with van der Waals surface area (Å²) in [6.07, 6.45) is -1.01. The van der Waals surface area contributed by atoms with Gasteiger partial charge in [0.05, 0.1) is 10.0 Å². The minimum atomic E-state index is -1.01. The molecule has 0 aliphatic carbocycles. The van der Waals surface area contributed by atoms with Gasteiger partial charge in [0.25, 0.3) is 11.8 Å². The first kappa shape index (κ1) is 20.7. The summed E-state index contributed by atoms with van der Waals surface area (Å²) in [6.45, 7) is 2.96. The minimum absolute atomic E-state index is 0.230. The van der Waals surface area contributed by atoms with Crippen molar-refractivity contribution >= 4 is 46.7 Å². The van der Waals surface area contributed by atoms with Crippen LogP contribution in [-0.4, -0.2) is 30.4 Å². The van der Waals surface area contributed by atoms with E-state index in [4.69, 9.17) is 27.9 Å². The molecule has 0 fully saturated rings. The number of nitrogens with one attached hydrogen (secondary N) is 2. The first-order chi connectivity index (χ1) is 12.8. The zero-order valence-electron chi connectivity index (χ0n) is 14.7. The Bertz CT molecular complexity index is 871. The number of carbonyl (C=O) groups is 3. The zero-order chi connectivity index (χ0) is 20.0. The average molecular weight is 409 g/mol. The van der Waals surface area contributed by atoms with E-state index in [1.807, 2.05) is 13.0 Å². The molecule has 142 valence electrons. The topological polar surface area (TPSA) is 84.5 Å². The summed E-state index contributed by atoms with van der Waals surface area (Å²) < 4.78 is 5.03. The number of hydrogen-bond acceptors (Lipinski definition) is 4. The molecule has 27 heavy (non-hydrogen) atoms. The third-order valence-corrected chi connectivity index (χ3v) is 4.28. The molecule has 1 atom stereocenters. The second-order valence-corrected chi connectivity index (χ2v) is 6.62. The van der Waals surface area contributed by atoms with Gasteiger partial charge in [-0.1, -0.05) is 35.3 Å². The Morgan fingerprint density at radius 2 is 1.81 bits per heavy atom. The molecule has 6 nitrogen and oxygen atoms in total. The third kappa shape index (κ3) is 6.27. The molecule has 0 bridgehead atoms. The van der Waals surface area contributed by atoms with E-state index in [2.05, 4.69) is 10.6 Å². The molecule has 8 heteroatoms. The highest BCUT2D eigenvalue weighted by molar-refractivity contribution is 6.42. The van der Waals surface area contributed by atoms with E-state index in [1.54, 1.807) is 18.2 Å². The summed E-state index contributed by atoms with van der Waals surface area (Å²) in [5.74, 6) is -1.72. The van der Waals surface area contributed by atoms with Crippen molar-refractivity contribution in [3.8, 4) is 0 Å². The standard InChI is InChI=1S/C19H18Cl2N2O4/c1-11-4-3-5-14(8-11)23-18(25)12(2)27-17(24)10-22-19(26)13-6-7-15(20)16(21)9-13/h3-9,12H,10H2,1-2H3,(H,22,26)(H,23,25)/t12-/m1/s1. The smallest absolute Gasteiger partial charge is 0.326 e. The van der Waals surface area contributed by atoms with Crippen molar-refractivity contribution in [2.75, 3.05) is 11.9 Å². The number of ether oxygens (including phenoxy) is 1. The summed E-state index contributed by atoms with van der Waals surface area (Å²) in [5.41, 5.74) is 1.85. The number of halogens is 2. The van der Waals surface area contributed by atoms with Crippen molar-refractivity contribution in [3.63, 3.8) is 0 Å². The lowest BCUT2D eigenvalue weighted by Gasteiger charge is -2.14. The maximum atomic E-state index is 12.1. The summed E-state index contributed by atoms with van der Waals surface area (Å²) in [7, 11) is 0. The minimum Gasteiger partial charge on any atom is -0.451 e. The number of hydrogen-bond donors (Lipinski definition) is 2. The SMILES string of the molecule is Cc1cccc(NC(=O)[C@@H](C)OC(=O)CNC(=O)c2ccc(Cl)c(Cl)c2)c1. The second kappa shape index (κ2) is 9.39. The summed E-state index contributed by atoms with van der Waals surface area (Å²) in [4.78, 5) is 35.9. The van der Waals surface area contributed by atoms with Gasteiger partial charge in [0.15, 0.2) is 6.10 Å². The number of benzene rings is 2. The average Bonchev–Trinajstić information content (AvgIpc) is 2.62. The van der Waals surface area contributed by atoms with Gasteiger partial charge >= 0.3 is 5.97 Å². The lowest BCUT2D eigenvalue weighted by molar-refractivity contribution is -0.152. The van der Waals surface area contributed by atoms with E-state index in [1.165, 1.54) is 25.1 Å². The molecule has 0 saturated carbocycles. The van der Waals surface area contributed by atoms with Crippen molar-refractivity contribution < 1.29 is 19.1 Å².